The van der Waals surface area contributed by atoms with E-state index in [1.54, 1.807) is 12.1 Å². The average Bonchev–Trinajstić information content (AvgIpc) is 2.28. The van der Waals surface area contributed by atoms with Crippen LogP contribution >= 0.6 is 11.6 Å². The highest BCUT2D eigenvalue weighted by atomic mass is 35.5. The van der Waals surface area contributed by atoms with Crippen LogP contribution < -0.4 is 16.4 Å². The van der Waals surface area contributed by atoms with Crippen LogP contribution in [0.4, 0.5) is 0 Å². The van der Waals surface area contributed by atoms with Crippen molar-refractivity contribution in [1.82, 2.24) is 10.6 Å². The average molecular weight is 284 g/mol. The van der Waals surface area contributed by atoms with Crippen molar-refractivity contribution >= 4 is 17.5 Å². The Hall–Kier alpha value is -1.30. The van der Waals surface area contributed by atoms with Gasteiger partial charge in [0.15, 0.2) is 0 Å². The third kappa shape index (κ3) is 3.18. The van der Waals surface area contributed by atoms with Gasteiger partial charge in [-0.2, -0.15) is 0 Å². The maximum Gasteiger partial charge on any atom is 0.225 e. The van der Waals surface area contributed by atoms with Crippen molar-refractivity contribution in [3.8, 4) is 5.75 Å². The van der Waals surface area contributed by atoms with Gasteiger partial charge in [-0.25, -0.2) is 0 Å². The molecule has 6 heteroatoms. The molecule has 104 valence electrons. The molecule has 1 aromatic carbocycles. The standard InChI is InChI=1S/C13H18ClN3O2/c1-7-2-12(18)9(3-10(7)14)11(15)6-17-13(19)8-4-16-5-8/h2-3,8,11,16,18H,4-6,15H2,1H3,(H,17,19). The van der Waals surface area contributed by atoms with Gasteiger partial charge in [0.2, 0.25) is 5.91 Å². The number of phenols is 1. The van der Waals surface area contributed by atoms with Crippen LogP contribution in [0.3, 0.4) is 0 Å². The molecule has 0 radical (unpaired) electrons. The molecule has 1 heterocycles. The Morgan fingerprint density at radius 3 is 2.89 bits per heavy atom. The number of nitrogens with two attached hydrogens (primary N) is 1. The number of nitrogens with one attached hydrogen (secondary N) is 2. The number of rotatable bonds is 4. The zero-order valence-electron chi connectivity index (χ0n) is 10.7. The Morgan fingerprint density at radius 1 is 1.63 bits per heavy atom. The number of amides is 1. The minimum absolute atomic E-state index is 0.00750. The molecule has 0 saturated carbocycles. The van der Waals surface area contributed by atoms with Gasteiger partial charge >= 0.3 is 0 Å². The molecule has 0 aliphatic carbocycles. The van der Waals surface area contributed by atoms with Crippen LogP contribution in [0.2, 0.25) is 5.02 Å². The van der Waals surface area contributed by atoms with Gasteiger partial charge in [-0.15, -0.1) is 0 Å². The van der Waals surface area contributed by atoms with Crippen molar-refractivity contribution in [3.63, 3.8) is 0 Å². The third-order valence-electron chi connectivity index (χ3n) is 3.36. The number of benzene rings is 1. The molecule has 0 aromatic heterocycles. The summed E-state index contributed by atoms with van der Waals surface area (Å²) in [5.74, 6) is 0.128. The number of aryl methyl sites for hydroxylation is 1. The molecule has 1 unspecified atom stereocenters. The van der Waals surface area contributed by atoms with Gasteiger partial charge in [0.25, 0.3) is 0 Å². The first-order valence-electron chi connectivity index (χ1n) is 6.22. The topological polar surface area (TPSA) is 87.4 Å². The lowest BCUT2D eigenvalue weighted by atomic mass is 10.0. The summed E-state index contributed by atoms with van der Waals surface area (Å²) in [7, 11) is 0. The first kappa shape index (κ1) is 14.1. The molecule has 1 amide bonds. The molecular formula is C13H18ClN3O2. The maximum atomic E-state index is 11.7. The van der Waals surface area contributed by atoms with Gasteiger partial charge in [0.05, 0.1) is 12.0 Å². The van der Waals surface area contributed by atoms with Crippen LogP contribution in [0, 0.1) is 12.8 Å². The van der Waals surface area contributed by atoms with Gasteiger partial charge < -0.3 is 21.5 Å². The summed E-state index contributed by atoms with van der Waals surface area (Å²) >= 11 is 6.01. The molecule has 1 aliphatic rings. The lowest BCUT2D eigenvalue weighted by Gasteiger charge is -2.26. The third-order valence-corrected chi connectivity index (χ3v) is 3.76. The van der Waals surface area contributed by atoms with E-state index in [9.17, 15) is 9.90 Å². The molecule has 1 saturated heterocycles. The van der Waals surface area contributed by atoms with Crippen LogP contribution in [-0.2, 0) is 4.79 Å². The Balaban J connectivity index is 1.97. The molecular weight excluding hydrogens is 266 g/mol. The van der Waals surface area contributed by atoms with Crippen LogP contribution in [0.5, 0.6) is 5.75 Å². The van der Waals surface area contributed by atoms with Crippen LogP contribution in [0.15, 0.2) is 12.1 Å². The monoisotopic (exact) mass is 283 g/mol. The number of phenolic OH excluding ortho intramolecular Hbond substituents is 1. The molecule has 0 bridgehead atoms. The lowest BCUT2D eigenvalue weighted by Crippen LogP contribution is -2.51. The predicted molar refractivity (Wildman–Crippen MR) is 74.2 cm³/mol. The Labute approximate surface area is 117 Å². The van der Waals surface area contributed by atoms with E-state index in [2.05, 4.69) is 10.6 Å². The molecule has 1 aromatic rings. The summed E-state index contributed by atoms with van der Waals surface area (Å²) in [6, 6.07) is 2.75. The fourth-order valence-corrected chi connectivity index (χ4v) is 2.09. The van der Waals surface area contributed by atoms with Crippen molar-refractivity contribution in [2.45, 2.75) is 13.0 Å². The fraction of sp³-hybridized carbons (Fsp3) is 0.462. The Bertz CT molecular complexity index is 489. The van der Waals surface area contributed by atoms with Crippen molar-refractivity contribution in [2.24, 2.45) is 11.7 Å². The molecule has 1 atom stereocenters. The molecule has 2 rings (SSSR count). The van der Waals surface area contributed by atoms with Crippen molar-refractivity contribution < 1.29 is 9.90 Å². The SMILES string of the molecule is Cc1cc(O)c(C(N)CNC(=O)C2CNC2)cc1Cl. The highest BCUT2D eigenvalue weighted by Crippen LogP contribution is 2.29. The van der Waals surface area contributed by atoms with Crippen molar-refractivity contribution in [1.29, 1.82) is 0 Å². The summed E-state index contributed by atoms with van der Waals surface area (Å²) in [5.41, 5.74) is 7.31. The van der Waals surface area contributed by atoms with E-state index in [1.165, 1.54) is 0 Å². The molecule has 19 heavy (non-hydrogen) atoms. The van der Waals surface area contributed by atoms with Gasteiger partial charge in [-0.3, -0.25) is 4.79 Å². The summed E-state index contributed by atoms with van der Waals surface area (Å²) in [6.45, 7) is 3.51. The molecule has 1 aliphatic heterocycles. The Morgan fingerprint density at radius 2 is 2.32 bits per heavy atom. The summed E-state index contributed by atoms with van der Waals surface area (Å²) in [4.78, 5) is 11.7. The number of halogens is 1. The van der Waals surface area contributed by atoms with Gasteiger partial charge in [0.1, 0.15) is 5.75 Å². The van der Waals surface area contributed by atoms with E-state index in [1.807, 2.05) is 6.92 Å². The van der Waals surface area contributed by atoms with E-state index in [4.69, 9.17) is 17.3 Å². The Kier molecular flexibility index (Phi) is 4.29. The number of hydrogen-bond acceptors (Lipinski definition) is 4. The van der Waals surface area contributed by atoms with Crippen molar-refractivity contribution in [2.75, 3.05) is 19.6 Å². The summed E-state index contributed by atoms with van der Waals surface area (Å²) in [6.07, 6.45) is 0. The zero-order valence-corrected chi connectivity index (χ0v) is 11.5. The predicted octanol–water partition coefficient (Wildman–Crippen LogP) is 0.689. The van der Waals surface area contributed by atoms with Crippen LogP contribution in [-0.4, -0.2) is 30.6 Å². The largest absolute Gasteiger partial charge is 0.508 e. The van der Waals surface area contributed by atoms with E-state index in [0.717, 1.165) is 5.56 Å². The second-order valence-corrected chi connectivity index (χ2v) is 5.27. The first-order chi connectivity index (χ1) is 8.99. The number of hydrogen-bond donors (Lipinski definition) is 4. The van der Waals surface area contributed by atoms with E-state index >= 15 is 0 Å². The molecule has 5 nitrogen and oxygen atoms in total. The smallest absolute Gasteiger partial charge is 0.225 e. The molecule has 1 fully saturated rings. The van der Waals surface area contributed by atoms with E-state index in [-0.39, 0.29) is 24.1 Å². The van der Waals surface area contributed by atoms with E-state index in [0.29, 0.717) is 23.7 Å². The summed E-state index contributed by atoms with van der Waals surface area (Å²) < 4.78 is 0. The van der Waals surface area contributed by atoms with Gasteiger partial charge in [0, 0.05) is 30.2 Å². The van der Waals surface area contributed by atoms with Gasteiger partial charge in [-0.05, 0) is 24.6 Å². The fourth-order valence-electron chi connectivity index (χ4n) is 1.92. The minimum Gasteiger partial charge on any atom is -0.508 e. The molecule has 0 spiro atoms. The van der Waals surface area contributed by atoms with Crippen LogP contribution in [0.1, 0.15) is 17.2 Å². The molecule has 5 N–H and O–H groups in total. The normalized spacial score (nSPS) is 16.8. The van der Waals surface area contributed by atoms with E-state index < -0.39 is 6.04 Å². The number of aromatic hydroxyl groups is 1. The quantitative estimate of drug-likeness (QED) is 0.655. The number of carbonyl (C=O) groups excluding carboxylic acids is 1. The zero-order chi connectivity index (χ0) is 14.0. The summed E-state index contributed by atoms with van der Waals surface area (Å²) in [5, 5.41) is 16.2. The highest BCUT2D eigenvalue weighted by molar-refractivity contribution is 6.31. The van der Waals surface area contributed by atoms with Crippen molar-refractivity contribution in [3.05, 3.63) is 28.3 Å². The second kappa shape index (κ2) is 5.77. The minimum atomic E-state index is -0.477. The maximum absolute atomic E-state index is 11.7. The second-order valence-electron chi connectivity index (χ2n) is 4.87. The number of carbonyl (C=O) groups is 1. The highest BCUT2D eigenvalue weighted by Gasteiger charge is 2.25. The first-order valence-corrected chi connectivity index (χ1v) is 6.60. The van der Waals surface area contributed by atoms with Gasteiger partial charge in [-0.1, -0.05) is 11.6 Å². The van der Waals surface area contributed by atoms with Crippen LogP contribution in [0.25, 0.3) is 0 Å². The lowest BCUT2D eigenvalue weighted by molar-refractivity contribution is -0.126.